The molecule has 2 aromatic rings. The molecule has 0 radical (unpaired) electrons. The minimum atomic E-state index is 0.677. The number of rotatable bonds is 0. The van der Waals surface area contributed by atoms with Crippen LogP contribution in [0.1, 0.15) is 5.56 Å². The van der Waals surface area contributed by atoms with E-state index < -0.39 is 0 Å². The van der Waals surface area contributed by atoms with Gasteiger partial charge in [-0.15, -0.1) is 11.3 Å². The van der Waals surface area contributed by atoms with Crippen molar-refractivity contribution in [3.8, 4) is 6.07 Å². The quantitative estimate of drug-likeness (QED) is 0.600. The monoisotopic (exact) mass is 300 g/mol. The van der Waals surface area contributed by atoms with Gasteiger partial charge < -0.3 is 5.73 Å². The number of thiophene rings is 1. The molecule has 0 aliphatic rings. The Morgan fingerprint density at radius 2 is 2.23 bits per heavy atom. The fraction of sp³-hybridized carbons (Fsp3) is 0. The lowest BCUT2D eigenvalue weighted by atomic mass is 10.1. The van der Waals surface area contributed by atoms with Crippen LogP contribution in [-0.2, 0) is 0 Å². The number of halogens is 1. The number of benzene rings is 1. The molecule has 0 atom stereocenters. The molecule has 0 unspecified atom stereocenters. The molecule has 64 valence electrons. The summed E-state index contributed by atoms with van der Waals surface area (Å²) < 4.78 is 2.08. The number of nitrogens with zero attached hydrogens (tertiary/aromatic N) is 1. The molecule has 0 saturated heterocycles. The Morgan fingerprint density at radius 3 is 2.92 bits per heavy atom. The number of hydrogen-bond donors (Lipinski definition) is 1. The Balaban J connectivity index is 2.95. The highest BCUT2D eigenvalue weighted by Crippen LogP contribution is 2.33. The van der Waals surface area contributed by atoms with E-state index in [-0.39, 0.29) is 0 Å². The summed E-state index contributed by atoms with van der Waals surface area (Å²) in [5.74, 6) is 0. The van der Waals surface area contributed by atoms with Gasteiger partial charge in [-0.05, 0) is 34.7 Å². The molecule has 4 heteroatoms. The van der Waals surface area contributed by atoms with E-state index in [2.05, 4.69) is 28.7 Å². The molecule has 0 fully saturated rings. The number of nitriles is 1. The van der Waals surface area contributed by atoms with Crippen LogP contribution in [0.15, 0.2) is 17.5 Å². The summed E-state index contributed by atoms with van der Waals surface area (Å²) in [4.78, 5) is 0. The molecular formula is C9H5IN2S. The van der Waals surface area contributed by atoms with Crippen LogP contribution in [-0.4, -0.2) is 0 Å². The summed E-state index contributed by atoms with van der Waals surface area (Å²) in [6, 6.07) is 6.11. The highest BCUT2D eigenvalue weighted by molar-refractivity contribution is 14.1. The van der Waals surface area contributed by atoms with Crippen LogP contribution in [0.5, 0.6) is 0 Å². The molecule has 0 aliphatic heterocycles. The largest absolute Gasteiger partial charge is 0.397 e. The zero-order chi connectivity index (χ0) is 9.42. The van der Waals surface area contributed by atoms with Crippen LogP contribution in [0, 0.1) is 14.9 Å². The first-order valence-corrected chi connectivity index (χ1v) is 5.55. The van der Waals surface area contributed by atoms with Gasteiger partial charge >= 0.3 is 0 Å². The number of fused-ring (bicyclic) bond motifs is 1. The third kappa shape index (κ3) is 1.28. The van der Waals surface area contributed by atoms with Gasteiger partial charge in [-0.2, -0.15) is 5.26 Å². The predicted octanol–water partition coefficient (Wildman–Crippen LogP) is 2.96. The molecule has 0 spiro atoms. The highest BCUT2D eigenvalue weighted by atomic mass is 127. The molecule has 2 N–H and O–H groups in total. The Bertz CT molecular complexity index is 510. The maximum atomic E-state index is 8.84. The van der Waals surface area contributed by atoms with Crippen LogP contribution in [0.3, 0.4) is 0 Å². The first-order valence-electron chi connectivity index (χ1n) is 3.59. The molecular weight excluding hydrogens is 295 g/mol. The van der Waals surface area contributed by atoms with Gasteiger partial charge in [0.15, 0.2) is 0 Å². The summed E-state index contributed by atoms with van der Waals surface area (Å²) in [6.07, 6.45) is 0. The van der Waals surface area contributed by atoms with Crippen LogP contribution >= 0.6 is 33.9 Å². The summed E-state index contributed by atoms with van der Waals surface area (Å²) >= 11 is 3.73. The van der Waals surface area contributed by atoms with Crippen molar-refractivity contribution < 1.29 is 0 Å². The minimum absolute atomic E-state index is 0.677. The Labute approximate surface area is 93.1 Å². The molecule has 13 heavy (non-hydrogen) atoms. The molecule has 0 saturated carbocycles. The minimum Gasteiger partial charge on any atom is -0.397 e. The van der Waals surface area contributed by atoms with Crippen LogP contribution in [0.4, 0.5) is 5.69 Å². The van der Waals surface area contributed by atoms with E-state index in [1.807, 2.05) is 17.5 Å². The smallest absolute Gasteiger partial charge is 0.101 e. The first kappa shape index (κ1) is 8.78. The fourth-order valence-electron chi connectivity index (χ4n) is 1.21. The van der Waals surface area contributed by atoms with E-state index in [0.29, 0.717) is 5.56 Å². The lowest BCUT2D eigenvalue weighted by Crippen LogP contribution is -1.90. The van der Waals surface area contributed by atoms with Gasteiger partial charge in [0.25, 0.3) is 0 Å². The van der Waals surface area contributed by atoms with Crippen LogP contribution in [0.2, 0.25) is 0 Å². The number of hydrogen-bond acceptors (Lipinski definition) is 3. The van der Waals surface area contributed by atoms with Gasteiger partial charge in [0.1, 0.15) is 6.07 Å². The van der Waals surface area contributed by atoms with Crippen LogP contribution in [0.25, 0.3) is 10.1 Å². The normalized spacial score (nSPS) is 10.2. The maximum Gasteiger partial charge on any atom is 0.101 e. The zero-order valence-electron chi connectivity index (χ0n) is 6.54. The molecule has 1 aromatic heterocycles. The van der Waals surface area contributed by atoms with E-state index in [9.17, 15) is 0 Å². The standard InChI is InChI=1S/C9H5IN2S/c10-6-1-2-7-8(9(6)12)5(3-11)4-13-7/h1-2,4H,12H2. The lowest BCUT2D eigenvalue weighted by Gasteiger charge is -1.99. The van der Waals surface area contributed by atoms with Crippen LogP contribution < -0.4 is 5.73 Å². The second-order valence-electron chi connectivity index (χ2n) is 2.60. The van der Waals surface area contributed by atoms with Crippen molar-refractivity contribution >= 4 is 49.7 Å². The summed E-state index contributed by atoms with van der Waals surface area (Å²) in [5.41, 5.74) is 7.28. The topological polar surface area (TPSA) is 49.8 Å². The van der Waals surface area contributed by atoms with Gasteiger partial charge in [0.2, 0.25) is 0 Å². The van der Waals surface area contributed by atoms with Crippen molar-refractivity contribution in [3.63, 3.8) is 0 Å². The third-order valence-electron chi connectivity index (χ3n) is 1.85. The average Bonchev–Trinajstić information content (AvgIpc) is 2.55. The molecule has 1 heterocycles. The van der Waals surface area contributed by atoms with Crippen molar-refractivity contribution in [2.45, 2.75) is 0 Å². The van der Waals surface area contributed by atoms with Crippen molar-refractivity contribution in [3.05, 3.63) is 26.6 Å². The van der Waals surface area contributed by atoms with Crippen molar-refractivity contribution in [1.82, 2.24) is 0 Å². The second-order valence-corrected chi connectivity index (χ2v) is 4.67. The van der Waals surface area contributed by atoms with Gasteiger partial charge in [-0.3, -0.25) is 0 Å². The highest BCUT2D eigenvalue weighted by Gasteiger charge is 2.08. The predicted molar refractivity (Wildman–Crippen MR) is 63.7 cm³/mol. The lowest BCUT2D eigenvalue weighted by molar-refractivity contribution is 1.51. The Morgan fingerprint density at radius 1 is 1.46 bits per heavy atom. The summed E-state index contributed by atoms with van der Waals surface area (Å²) in [5, 5.41) is 11.6. The third-order valence-corrected chi connectivity index (χ3v) is 3.74. The second kappa shape index (κ2) is 3.16. The van der Waals surface area contributed by atoms with Crippen molar-refractivity contribution in [2.24, 2.45) is 0 Å². The van der Waals surface area contributed by atoms with Crippen molar-refractivity contribution in [1.29, 1.82) is 5.26 Å². The Kier molecular flexibility index (Phi) is 2.14. The van der Waals surface area contributed by atoms with Gasteiger partial charge in [-0.25, -0.2) is 0 Å². The maximum absolute atomic E-state index is 8.84. The Hall–Kier alpha value is -0.800. The summed E-state index contributed by atoms with van der Waals surface area (Å²) in [7, 11) is 0. The first-order chi connectivity index (χ1) is 6.24. The number of anilines is 1. The molecule has 0 aliphatic carbocycles. The number of nitrogen functional groups attached to an aromatic ring is 1. The summed E-state index contributed by atoms with van der Waals surface area (Å²) in [6.45, 7) is 0. The van der Waals surface area contributed by atoms with E-state index in [0.717, 1.165) is 19.3 Å². The van der Waals surface area contributed by atoms with Gasteiger partial charge in [0.05, 0.1) is 11.3 Å². The molecule has 2 nitrogen and oxygen atoms in total. The van der Waals surface area contributed by atoms with E-state index >= 15 is 0 Å². The molecule has 1 aromatic carbocycles. The zero-order valence-corrected chi connectivity index (χ0v) is 9.52. The van der Waals surface area contributed by atoms with Gasteiger partial charge in [0, 0.05) is 19.0 Å². The van der Waals surface area contributed by atoms with Crippen molar-refractivity contribution in [2.75, 3.05) is 5.73 Å². The molecule has 0 bridgehead atoms. The number of nitrogens with two attached hydrogens (primary N) is 1. The molecule has 0 amide bonds. The SMILES string of the molecule is N#Cc1csc2ccc(I)c(N)c12. The fourth-order valence-corrected chi connectivity index (χ4v) is 2.56. The average molecular weight is 300 g/mol. The van der Waals surface area contributed by atoms with E-state index in [4.69, 9.17) is 11.0 Å². The van der Waals surface area contributed by atoms with E-state index in [1.165, 1.54) is 0 Å². The molecule has 2 rings (SSSR count). The van der Waals surface area contributed by atoms with Gasteiger partial charge in [-0.1, -0.05) is 0 Å². The van der Waals surface area contributed by atoms with E-state index in [1.54, 1.807) is 11.3 Å².